The van der Waals surface area contributed by atoms with Crippen LogP contribution in [0.1, 0.15) is 62.3 Å². The zero-order valence-electron chi connectivity index (χ0n) is 18.6. The van der Waals surface area contributed by atoms with E-state index >= 15 is 0 Å². The Bertz CT molecular complexity index is 543. The molecule has 0 spiro atoms. The molecule has 0 bridgehead atoms. The second-order valence-corrected chi connectivity index (χ2v) is 14.0. The van der Waals surface area contributed by atoms with E-state index in [1.54, 1.807) is 27.7 Å². The average Bonchev–Trinajstić information content (AvgIpc) is 2.43. The van der Waals surface area contributed by atoms with Crippen molar-refractivity contribution in [1.29, 1.82) is 0 Å². The normalized spacial score (nSPS) is 16.1. The lowest BCUT2D eigenvalue weighted by atomic mass is 10.2. The van der Waals surface area contributed by atoms with Crippen LogP contribution in [0.3, 0.4) is 0 Å². The molecule has 0 aliphatic carbocycles. The zero-order valence-corrected chi connectivity index (χ0v) is 19.6. The average molecular weight is 405 g/mol. The van der Waals surface area contributed by atoms with Crippen LogP contribution < -0.4 is 0 Å². The molecule has 3 atom stereocenters. The summed E-state index contributed by atoms with van der Waals surface area (Å²) in [5.74, 6) is -2.13. The maximum atomic E-state index is 12.2. The third kappa shape index (κ3) is 8.88. The highest BCUT2D eigenvalue weighted by Gasteiger charge is 2.40. The molecule has 0 aromatic carbocycles. The first-order valence-corrected chi connectivity index (χ1v) is 12.1. The van der Waals surface area contributed by atoms with Crippen LogP contribution >= 0.6 is 0 Å². The van der Waals surface area contributed by atoms with Gasteiger partial charge >= 0.3 is 17.9 Å². The summed E-state index contributed by atoms with van der Waals surface area (Å²) in [6.07, 6.45) is -3.06. The van der Waals surface area contributed by atoms with Crippen molar-refractivity contribution in [2.24, 2.45) is 0 Å². The second-order valence-electron chi connectivity index (χ2n) is 9.21. The van der Waals surface area contributed by atoms with Crippen LogP contribution in [0.15, 0.2) is 0 Å². The van der Waals surface area contributed by atoms with Crippen molar-refractivity contribution in [3.63, 3.8) is 0 Å². The molecule has 0 aromatic rings. The smallest absolute Gasteiger partial charge is 0.347 e. The molecule has 0 heterocycles. The van der Waals surface area contributed by atoms with Crippen molar-refractivity contribution in [3.05, 3.63) is 0 Å². The fraction of sp³-hybridized carbons (Fsp3) is 0.842. The van der Waals surface area contributed by atoms with Gasteiger partial charge in [-0.25, -0.2) is 14.4 Å². The van der Waals surface area contributed by atoms with E-state index in [2.05, 4.69) is 20.8 Å². The van der Waals surface area contributed by atoms with Gasteiger partial charge in [-0.2, -0.15) is 0 Å². The minimum atomic E-state index is -2.15. The van der Waals surface area contributed by atoms with Gasteiger partial charge in [0.25, 0.3) is 0 Å². The minimum absolute atomic E-state index is 0.0606. The number of hydrogen-bond donors (Lipinski definition) is 0. The summed E-state index contributed by atoms with van der Waals surface area (Å²) < 4.78 is 21.3. The quantitative estimate of drug-likeness (QED) is 0.364. The number of hydrogen-bond acceptors (Lipinski definition) is 7. The summed E-state index contributed by atoms with van der Waals surface area (Å²) in [5, 5.41) is -0.0606. The summed E-state index contributed by atoms with van der Waals surface area (Å²) in [4.78, 5) is 36.2. The Morgan fingerprint density at radius 1 is 0.704 bits per heavy atom. The molecule has 8 heteroatoms. The fourth-order valence-electron chi connectivity index (χ4n) is 1.69. The molecule has 27 heavy (non-hydrogen) atoms. The van der Waals surface area contributed by atoms with Gasteiger partial charge in [0.15, 0.2) is 20.5 Å². The molecule has 7 nitrogen and oxygen atoms in total. The first-order valence-electron chi connectivity index (χ1n) is 9.19. The maximum Gasteiger partial charge on any atom is 0.347 e. The van der Waals surface area contributed by atoms with Crippen LogP contribution in [0.2, 0.25) is 18.1 Å². The minimum Gasteiger partial charge on any atom is -0.457 e. The molecule has 0 amide bonds. The van der Waals surface area contributed by atoms with E-state index in [0.717, 1.165) is 0 Å². The number of ether oxygens (including phenoxy) is 3. The molecule has 0 unspecified atom stereocenters. The van der Waals surface area contributed by atoms with Crippen LogP contribution in [0.4, 0.5) is 0 Å². The van der Waals surface area contributed by atoms with E-state index < -0.39 is 50.1 Å². The summed E-state index contributed by atoms with van der Waals surface area (Å²) >= 11 is 0. The first kappa shape index (κ1) is 25.6. The molecule has 0 saturated carbocycles. The molecular formula is C19H36O7Si. The lowest BCUT2D eigenvalue weighted by Crippen LogP contribution is -2.46. The van der Waals surface area contributed by atoms with Crippen molar-refractivity contribution >= 4 is 26.2 Å². The number of rotatable bonds is 7. The molecular weight excluding hydrogens is 368 g/mol. The molecule has 0 N–H and O–H groups in total. The Labute approximate surface area is 164 Å². The van der Waals surface area contributed by atoms with Gasteiger partial charge < -0.3 is 18.6 Å². The number of esters is 3. The Balaban J connectivity index is 4.70. The highest BCUT2D eigenvalue weighted by atomic mass is 28.4. The fourth-order valence-corrected chi connectivity index (χ4v) is 3.02. The van der Waals surface area contributed by atoms with Crippen molar-refractivity contribution in [3.8, 4) is 0 Å². The molecule has 0 saturated heterocycles. The highest BCUT2D eigenvalue weighted by molar-refractivity contribution is 6.74. The molecule has 0 aliphatic heterocycles. The van der Waals surface area contributed by atoms with Crippen LogP contribution in [0.5, 0.6) is 0 Å². The van der Waals surface area contributed by atoms with Crippen LogP contribution in [-0.2, 0) is 33.0 Å². The second kappa shape index (κ2) is 9.19. The Kier molecular flexibility index (Phi) is 8.71. The Hall–Kier alpha value is -1.41. The third-order valence-electron chi connectivity index (χ3n) is 4.27. The predicted octanol–water partition coefficient (Wildman–Crippen LogP) is 3.60. The van der Waals surface area contributed by atoms with Crippen molar-refractivity contribution < 1.29 is 33.0 Å². The zero-order chi connectivity index (χ0) is 21.8. The first-order chi connectivity index (χ1) is 11.9. The Morgan fingerprint density at radius 3 is 1.44 bits per heavy atom. The van der Waals surface area contributed by atoms with Crippen molar-refractivity contribution in [2.45, 2.75) is 104 Å². The van der Waals surface area contributed by atoms with Gasteiger partial charge in [-0.05, 0) is 59.7 Å². The summed E-state index contributed by atoms with van der Waals surface area (Å²) in [6, 6.07) is 0. The number of carbonyl (C=O) groups excluding carboxylic acids is 3. The third-order valence-corrected chi connectivity index (χ3v) is 8.82. The SMILES string of the molecule is C[C@H](OC(=O)[C@H](C)O[Si](C)(C)C(C)(C)C)C(=O)O[C@@H](C)C(=O)OC(C)(C)C. The number of carbonyl (C=O) groups is 3. The summed E-state index contributed by atoms with van der Waals surface area (Å²) in [6.45, 7) is 19.8. The monoisotopic (exact) mass is 404 g/mol. The van der Waals surface area contributed by atoms with Gasteiger partial charge in [0.1, 0.15) is 11.7 Å². The van der Waals surface area contributed by atoms with Gasteiger partial charge in [-0.3, -0.25) is 0 Å². The van der Waals surface area contributed by atoms with Crippen molar-refractivity contribution in [1.82, 2.24) is 0 Å². The van der Waals surface area contributed by atoms with Crippen LogP contribution in [0, 0.1) is 0 Å². The van der Waals surface area contributed by atoms with Gasteiger partial charge in [0, 0.05) is 0 Å². The van der Waals surface area contributed by atoms with Gasteiger partial charge in [-0.1, -0.05) is 20.8 Å². The van der Waals surface area contributed by atoms with E-state index in [-0.39, 0.29) is 5.04 Å². The van der Waals surface area contributed by atoms with E-state index in [1.165, 1.54) is 13.8 Å². The molecule has 0 radical (unpaired) electrons. The van der Waals surface area contributed by atoms with E-state index in [0.29, 0.717) is 0 Å². The van der Waals surface area contributed by atoms with Crippen LogP contribution in [-0.4, -0.2) is 50.1 Å². The largest absolute Gasteiger partial charge is 0.457 e. The van der Waals surface area contributed by atoms with Crippen LogP contribution in [0.25, 0.3) is 0 Å². The summed E-state index contributed by atoms with van der Waals surface area (Å²) in [7, 11) is -2.15. The van der Waals surface area contributed by atoms with Crippen molar-refractivity contribution in [2.75, 3.05) is 0 Å². The molecule has 0 rings (SSSR count). The molecule has 0 fully saturated rings. The molecule has 0 aliphatic rings. The van der Waals surface area contributed by atoms with Gasteiger partial charge in [0.2, 0.25) is 0 Å². The standard InChI is InChI=1S/C19H36O7Si/c1-12(15(20)24-13(2)17(22)25-18(4,5)6)23-16(21)14(3)26-27(10,11)19(7,8)9/h12-14H,1-11H3/t12-,13-,14-/m0/s1. The summed E-state index contributed by atoms with van der Waals surface area (Å²) in [5.41, 5.74) is -0.688. The van der Waals surface area contributed by atoms with E-state index in [1.807, 2.05) is 13.1 Å². The molecule has 158 valence electrons. The van der Waals surface area contributed by atoms with Gasteiger partial charge in [0.05, 0.1) is 0 Å². The maximum absolute atomic E-state index is 12.2. The van der Waals surface area contributed by atoms with E-state index in [4.69, 9.17) is 18.6 Å². The predicted molar refractivity (Wildman–Crippen MR) is 105 cm³/mol. The lowest BCUT2D eigenvalue weighted by molar-refractivity contribution is -0.182. The highest BCUT2D eigenvalue weighted by Crippen LogP contribution is 2.37. The molecule has 0 aromatic heterocycles. The topological polar surface area (TPSA) is 88.1 Å². The Morgan fingerprint density at radius 2 is 1.07 bits per heavy atom. The van der Waals surface area contributed by atoms with E-state index in [9.17, 15) is 14.4 Å². The van der Waals surface area contributed by atoms with Gasteiger partial charge in [-0.15, -0.1) is 0 Å². The lowest BCUT2D eigenvalue weighted by Gasteiger charge is -2.37.